The van der Waals surface area contributed by atoms with Gasteiger partial charge in [-0.3, -0.25) is 9.78 Å². The number of aryl methyl sites for hydroxylation is 3. The summed E-state index contributed by atoms with van der Waals surface area (Å²) in [5.41, 5.74) is 12.6. The number of fused-ring (bicyclic) bond motifs is 8. The van der Waals surface area contributed by atoms with Gasteiger partial charge in [-0.05, 0) is 105 Å². The van der Waals surface area contributed by atoms with Crippen molar-refractivity contribution in [1.29, 1.82) is 0 Å². The average molecular weight is 668 g/mol. The number of hydrogen-bond acceptors (Lipinski definition) is 5. The molecule has 0 aromatic carbocycles. The van der Waals surface area contributed by atoms with Crippen molar-refractivity contribution < 1.29 is 19.8 Å². The Morgan fingerprint density at radius 3 is 2.22 bits per heavy atom. The number of unbranched alkanes of at least 4 members (excludes halogenated alkanes) is 5. The average Bonchev–Trinajstić information content (AvgIpc) is 3.74. The Hall–Kier alpha value is -4.24. The van der Waals surface area contributed by atoms with E-state index >= 15 is 0 Å². The molecule has 0 saturated carbocycles. The molecule has 0 amide bonds. The number of allylic oxidation sites excluding steroid dienone is 2. The normalized spacial score (nSPS) is 16.1. The Balaban J connectivity index is 1.75. The highest BCUT2D eigenvalue weighted by atomic mass is 16.4. The molecular formula is C40H53N5O4. The van der Waals surface area contributed by atoms with E-state index in [2.05, 4.69) is 62.0 Å². The van der Waals surface area contributed by atoms with E-state index in [0.717, 1.165) is 82.0 Å². The monoisotopic (exact) mass is 667 g/mol. The predicted molar refractivity (Wildman–Crippen MR) is 198 cm³/mol. The van der Waals surface area contributed by atoms with Gasteiger partial charge in [0.15, 0.2) is 0 Å². The van der Waals surface area contributed by atoms with E-state index < -0.39 is 11.9 Å². The van der Waals surface area contributed by atoms with Gasteiger partial charge in [-0.2, -0.15) is 0 Å². The molecular weight excluding hydrogens is 614 g/mol. The van der Waals surface area contributed by atoms with Crippen molar-refractivity contribution in [2.45, 2.75) is 125 Å². The number of carboxylic acids is 2. The van der Waals surface area contributed by atoms with Gasteiger partial charge in [-0.15, -0.1) is 0 Å². The number of rotatable bonds is 14. The Labute approximate surface area is 289 Å². The van der Waals surface area contributed by atoms with Crippen LogP contribution in [0, 0.1) is 20.8 Å². The summed E-state index contributed by atoms with van der Waals surface area (Å²) in [5.74, 6) is -2.12. The van der Waals surface area contributed by atoms with E-state index in [9.17, 15) is 19.8 Å². The van der Waals surface area contributed by atoms with Crippen LogP contribution < -0.4 is 5.32 Å². The van der Waals surface area contributed by atoms with Gasteiger partial charge in [0, 0.05) is 52.7 Å². The van der Waals surface area contributed by atoms with Crippen LogP contribution in [0.3, 0.4) is 0 Å². The van der Waals surface area contributed by atoms with Gasteiger partial charge < -0.3 is 25.5 Å². The molecule has 3 aromatic heterocycles. The van der Waals surface area contributed by atoms with E-state index in [0.29, 0.717) is 23.0 Å². The van der Waals surface area contributed by atoms with Crippen LogP contribution in [-0.4, -0.2) is 48.6 Å². The third-order valence-electron chi connectivity index (χ3n) is 10.7. The van der Waals surface area contributed by atoms with Gasteiger partial charge in [0.05, 0.1) is 22.5 Å². The van der Waals surface area contributed by atoms with Crippen molar-refractivity contribution in [2.24, 2.45) is 0 Å². The van der Waals surface area contributed by atoms with Gasteiger partial charge in [0.2, 0.25) is 0 Å². The molecule has 5 heterocycles. The molecule has 9 nitrogen and oxygen atoms in total. The summed E-state index contributed by atoms with van der Waals surface area (Å²) in [6.07, 6.45) is 8.72. The van der Waals surface area contributed by atoms with Gasteiger partial charge >= 0.3 is 11.9 Å². The summed E-state index contributed by atoms with van der Waals surface area (Å²) >= 11 is 0. The molecule has 0 radical (unpaired) electrons. The topological polar surface area (TPSA) is 144 Å². The second kappa shape index (κ2) is 15.5. The lowest BCUT2D eigenvalue weighted by Crippen LogP contribution is -2.15. The molecule has 2 atom stereocenters. The summed E-state index contributed by atoms with van der Waals surface area (Å²) in [5, 5.41) is 23.7. The summed E-state index contributed by atoms with van der Waals surface area (Å²) in [6, 6.07) is 6.21. The Morgan fingerprint density at radius 1 is 0.837 bits per heavy atom. The van der Waals surface area contributed by atoms with Crippen molar-refractivity contribution in [3.05, 3.63) is 68.8 Å². The molecule has 2 aliphatic heterocycles. The number of carbonyl (C=O) groups is 2. The van der Waals surface area contributed by atoms with Crippen molar-refractivity contribution in [1.82, 2.24) is 25.3 Å². The van der Waals surface area contributed by atoms with Gasteiger partial charge in [-0.25, -0.2) is 9.78 Å². The van der Waals surface area contributed by atoms with Crippen molar-refractivity contribution in [3.63, 3.8) is 0 Å². The number of carboxylic acid groups (broad SMARTS) is 2. The first-order valence-corrected chi connectivity index (χ1v) is 18.1. The zero-order valence-corrected chi connectivity index (χ0v) is 30.3. The highest BCUT2D eigenvalue weighted by molar-refractivity contribution is 6.02. The molecule has 0 fully saturated rings. The lowest BCUT2D eigenvalue weighted by molar-refractivity contribution is -0.137. The largest absolute Gasteiger partial charge is 0.481 e. The van der Waals surface area contributed by atoms with E-state index in [1.807, 2.05) is 19.9 Å². The van der Waals surface area contributed by atoms with Crippen LogP contribution in [-0.2, 0) is 11.3 Å². The number of hydrogen-bond donors (Lipinski definition) is 5. The van der Waals surface area contributed by atoms with Crippen LogP contribution in [0.25, 0.3) is 33.2 Å². The van der Waals surface area contributed by atoms with Crippen molar-refractivity contribution in [2.75, 3.05) is 6.54 Å². The first-order chi connectivity index (χ1) is 23.5. The minimum absolute atomic E-state index is 0.00211. The highest BCUT2D eigenvalue weighted by Gasteiger charge is 2.32. The molecule has 49 heavy (non-hydrogen) atoms. The minimum atomic E-state index is -1.02. The first-order valence-electron chi connectivity index (χ1n) is 18.1. The molecule has 5 rings (SSSR count). The molecule has 5 N–H and O–H groups in total. The standard InChI is InChI=1S/C40H53N5O4/c1-8-10-11-12-13-14-17-41-21-29-24(5)30-18-32-23(4)28(15-16-36(46)47)38(44-32)26(7)39-37(40(48)49)25(6)33(45-39)20-34-27(9-2)22(3)31(42-34)19-35(29)43-30/h18-20,23,28,41,43,45H,8-17,21H2,1-7H3,(H,46,47)(H,48,49)/t23-,28-/m0/s1. The fraction of sp³-hybridized carbons (Fsp3) is 0.500. The third kappa shape index (κ3) is 7.52. The number of aliphatic carboxylic acids is 1. The smallest absolute Gasteiger partial charge is 0.338 e. The lowest BCUT2D eigenvalue weighted by atomic mass is 9.86. The summed E-state index contributed by atoms with van der Waals surface area (Å²) in [6.45, 7) is 16.1. The number of aromatic amines is 2. The van der Waals surface area contributed by atoms with E-state index in [-0.39, 0.29) is 23.8 Å². The van der Waals surface area contributed by atoms with Crippen LogP contribution >= 0.6 is 0 Å². The first kappa shape index (κ1) is 36.1. The Kier molecular flexibility index (Phi) is 11.4. The number of nitrogens with zero attached hydrogens (tertiary/aromatic N) is 2. The molecule has 262 valence electrons. The zero-order chi connectivity index (χ0) is 35.4. The quantitative estimate of drug-likeness (QED) is 0.108. The van der Waals surface area contributed by atoms with Crippen LogP contribution in [0.2, 0.25) is 0 Å². The summed E-state index contributed by atoms with van der Waals surface area (Å²) < 4.78 is 0. The van der Waals surface area contributed by atoms with Crippen molar-refractivity contribution >= 4 is 45.2 Å². The number of aromatic nitrogens is 4. The second-order valence-electron chi connectivity index (χ2n) is 13.9. The number of H-pyrrole nitrogens is 2. The summed E-state index contributed by atoms with van der Waals surface area (Å²) in [7, 11) is 0. The lowest BCUT2D eigenvalue weighted by Gasteiger charge is -2.16. The maximum absolute atomic E-state index is 12.7. The molecule has 2 aliphatic rings. The van der Waals surface area contributed by atoms with Gasteiger partial charge in [0.25, 0.3) is 0 Å². The van der Waals surface area contributed by atoms with Crippen LogP contribution in [0.15, 0.2) is 18.2 Å². The Bertz CT molecular complexity index is 1930. The number of aromatic carboxylic acids is 1. The number of nitrogens with one attached hydrogen (secondary N) is 3. The molecule has 0 aliphatic carbocycles. The fourth-order valence-electron chi connectivity index (χ4n) is 7.57. The molecule has 8 bridgehead atoms. The predicted octanol–water partition coefficient (Wildman–Crippen LogP) is 9.48. The van der Waals surface area contributed by atoms with E-state index in [4.69, 9.17) is 9.97 Å². The van der Waals surface area contributed by atoms with E-state index in [1.54, 1.807) is 0 Å². The Morgan fingerprint density at radius 2 is 1.53 bits per heavy atom. The van der Waals surface area contributed by atoms with Crippen LogP contribution in [0.4, 0.5) is 0 Å². The molecule has 9 heteroatoms. The molecule has 0 spiro atoms. The van der Waals surface area contributed by atoms with Gasteiger partial charge in [0.1, 0.15) is 0 Å². The maximum atomic E-state index is 12.7. The fourth-order valence-corrected chi connectivity index (χ4v) is 7.57. The molecule has 0 unspecified atom stereocenters. The third-order valence-corrected chi connectivity index (χ3v) is 10.7. The van der Waals surface area contributed by atoms with E-state index in [1.165, 1.54) is 37.7 Å². The van der Waals surface area contributed by atoms with Crippen LogP contribution in [0.5, 0.6) is 0 Å². The zero-order valence-electron chi connectivity index (χ0n) is 30.3. The highest BCUT2D eigenvalue weighted by Crippen LogP contribution is 2.42. The molecule has 3 aromatic rings. The minimum Gasteiger partial charge on any atom is -0.481 e. The van der Waals surface area contributed by atoms with Gasteiger partial charge in [-0.1, -0.05) is 52.9 Å². The van der Waals surface area contributed by atoms with Crippen LogP contribution in [0.1, 0.15) is 153 Å². The SMILES string of the molecule is CCCCCCCCNCc1c(C)c2cc3nc(c(C)c4[nH]c(cc5nc(cc1[nH]2)C(C)=C5CC)c(C)c4C(=O)O)[C@@H](CCC(=O)O)[C@@H]3C. The van der Waals surface area contributed by atoms with Crippen molar-refractivity contribution in [3.8, 4) is 0 Å². The molecule has 0 saturated heterocycles. The second-order valence-corrected chi connectivity index (χ2v) is 13.9. The summed E-state index contributed by atoms with van der Waals surface area (Å²) in [4.78, 5) is 41.8. The maximum Gasteiger partial charge on any atom is 0.338 e.